The first-order valence-electron chi connectivity index (χ1n) is 6.73. The number of fused-ring (bicyclic) bond motifs is 2. The Morgan fingerprint density at radius 2 is 2.25 bits per heavy atom. The van der Waals surface area contributed by atoms with E-state index in [2.05, 4.69) is 26.2 Å². The van der Waals surface area contributed by atoms with Crippen molar-refractivity contribution < 1.29 is 9.53 Å². The number of nitrogens with zero attached hydrogens (tertiary/aromatic N) is 1. The van der Waals surface area contributed by atoms with Gasteiger partial charge in [-0.25, -0.2) is 4.98 Å². The van der Waals surface area contributed by atoms with Gasteiger partial charge in [-0.2, -0.15) is 0 Å². The molecule has 1 saturated carbocycles. The van der Waals surface area contributed by atoms with Gasteiger partial charge in [0.2, 0.25) is 0 Å². The first-order valence-corrected chi connectivity index (χ1v) is 7.91. The molecule has 108 valence electrons. The first kappa shape index (κ1) is 14.1. The molecule has 0 amide bonds. The highest BCUT2D eigenvalue weighted by atomic mass is 79.9. The zero-order chi connectivity index (χ0) is 14.3. The fourth-order valence-electron chi connectivity index (χ4n) is 3.42. The van der Waals surface area contributed by atoms with E-state index in [-0.39, 0.29) is 17.3 Å². The minimum atomic E-state index is -0.0931. The third-order valence-electron chi connectivity index (χ3n) is 4.57. The molecule has 0 aromatic carbocycles. The van der Waals surface area contributed by atoms with Crippen LogP contribution in [-0.4, -0.2) is 24.6 Å². The highest BCUT2D eigenvalue weighted by molar-refractivity contribution is 9.10. The van der Waals surface area contributed by atoms with Gasteiger partial charge < -0.3 is 10.1 Å². The molecule has 1 aromatic rings. The molecule has 0 radical (unpaired) electrons. The molecule has 0 unspecified atom stereocenters. The summed E-state index contributed by atoms with van der Waals surface area (Å²) in [6, 6.07) is 0. The maximum absolute atomic E-state index is 11.7. The zero-order valence-corrected chi connectivity index (χ0v) is 13.6. The van der Waals surface area contributed by atoms with Crippen molar-refractivity contribution in [3.05, 3.63) is 21.3 Å². The second kappa shape index (κ2) is 5.19. The van der Waals surface area contributed by atoms with E-state index in [1.54, 1.807) is 6.20 Å². The number of esters is 1. The highest BCUT2D eigenvalue weighted by Crippen LogP contribution is 2.51. The number of ether oxygens (including phenoxy) is 1. The van der Waals surface area contributed by atoms with E-state index in [1.807, 2.05) is 0 Å². The first-order chi connectivity index (χ1) is 9.57. The van der Waals surface area contributed by atoms with Crippen LogP contribution in [0.2, 0.25) is 5.02 Å². The Morgan fingerprint density at radius 3 is 2.90 bits per heavy atom. The van der Waals surface area contributed by atoms with Crippen molar-refractivity contribution in [2.24, 2.45) is 5.92 Å². The summed E-state index contributed by atoms with van der Waals surface area (Å²) in [5.74, 6) is 0.813. The Hall–Kier alpha value is -0.810. The van der Waals surface area contributed by atoms with Crippen LogP contribution < -0.4 is 5.32 Å². The Morgan fingerprint density at radius 1 is 1.55 bits per heavy atom. The van der Waals surface area contributed by atoms with Gasteiger partial charge in [0.25, 0.3) is 0 Å². The van der Waals surface area contributed by atoms with Gasteiger partial charge in [-0.15, -0.1) is 0 Å². The maximum Gasteiger partial charge on any atom is 0.308 e. The van der Waals surface area contributed by atoms with Crippen molar-refractivity contribution in [3.8, 4) is 0 Å². The summed E-state index contributed by atoms with van der Waals surface area (Å²) in [5.41, 5.74) is 1.12. The predicted octanol–water partition coefficient (Wildman–Crippen LogP) is 3.52. The van der Waals surface area contributed by atoms with Gasteiger partial charge in [-0.3, -0.25) is 4.79 Å². The van der Waals surface area contributed by atoms with Crippen LogP contribution in [-0.2, 0) is 14.9 Å². The molecular formula is C14H16BrClN2O2. The second-order valence-electron chi connectivity index (χ2n) is 5.58. The number of hydrogen-bond donors (Lipinski definition) is 1. The van der Waals surface area contributed by atoms with Gasteiger partial charge in [0, 0.05) is 23.7 Å². The summed E-state index contributed by atoms with van der Waals surface area (Å²) in [6.45, 7) is 0.847. The number of carbonyl (C=O) groups excluding carboxylic acids is 1. The summed E-state index contributed by atoms with van der Waals surface area (Å²) in [4.78, 5) is 16.1. The lowest BCUT2D eigenvalue weighted by Gasteiger charge is -2.36. The van der Waals surface area contributed by atoms with Crippen LogP contribution in [0, 0.1) is 5.92 Å². The summed E-state index contributed by atoms with van der Waals surface area (Å²) in [7, 11) is 1.46. The van der Waals surface area contributed by atoms with E-state index >= 15 is 0 Å². The average molecular weight is 360 g/mol. The minimum absolute atomic E-state index is 0.00766. The normalized spacial score (nSPS) is 28.1. The van der Waals surface area contributed by atoms with Crippen LogP contribution >= 0.6 is 27.5 Å². The molecule has 1 aliphatic heterocycles. The summed E-state index contributed by atoms with van der Waals surface area (Å²) in [6.07, 6.45) is 5.29. The number of hydrogen-bond acceptors (Lipinski definition) is 4. The van der Waals surface area contributed by atoms with Gasteiger partial charge >= 0.3 is 5.97 Å². The third-order valence-corrected chi connectivity index (χ3v) is 5.80. The van der Waals surface area contributed by atoms with E-state index in [9.17, 15) is 4.79 Å². The van der Waals surface area contributed by atoms with Gasteiger partial charge in [0.15, 0.2) is 0 Å². The Balaban J connectivity index is 1.88. The third kappa shape index (κ3) is 2.11. The number of nitrogens with one attached hydrogen (secondary N) is 1. The molecule has 2 heterocycles. The fourth-order valence-corrected chi connectivity index (χ4v) is 4.06. The van der Waals surface area contributed by atoms with E-state index in [4.69, 9.17) is 16.3 Å². The van der Waals surface area contributed by atoms with E-state index < -0.39 is 0 Å². The summed E-state index contributed by atoms with van der Waals surface area (Å²) in [5, 5.41) is 4.10. The highest BCUT2D eigenvalue weighted by Gasteiger charge is 2.45. The van der Waals surface area contributed by atoms with Crippen LogP contribution in [0.25, 0.3) is 0 Å². The molecule has 3 rings (SSSR count). The van der Waals surface area contributed by atoms with Crippen LogP contribution in [0.5, 0.6) is 0 Å². The number of carbonyl (C=O) groups is 1. The van der Waals surface area contributed by atoms with Gasteiger partial charge in [-0.1, -0.05) is 11.6 Å². The molecule has 0 saturated heterocycles. The number of anilines is 1. The lowest BCUT2D eigenvalue weighted by molar-refractivity contribution is -0.146. The smallest absolute Gasteiger partial charge is 0.308 e. The van der Waals surface area contributed by atoms with Crippen molar-refractivity contribution in [1.29, 1.82) is 0 Å². The quantitative estimate of drug-likeness (QED) is 0.779. The second-order valence-corrected chi connectivity index (χ2v) is 6.81. The van der Waals surface area contributed by atoms with Gasteiger partial charge in [0.1, 0.15) is 5.82 Å². The molecule has 0 bridgehead atoms. The number of methoxy groups -OCH3 is 1. The predicted molar refractivity (Wildman–Crippen MR) is 81.1 cm³/mol. The van der Waals surface area contributed by atoms with Crippen molar-refractivity contribution in [2.45, 2.75) is 31.1 Å². The SMILES string of the molecule is COC(=O)[C@H]1CC[C@@]2(CC1)CNc1ncc(Br)c(Cl)c12. The number of rotatable bonds is 1. The minimum Gasteiger partial charge on any atom is -0.469 e. The molecule has 1 aromatic heterocycles. The number of halogens is 2. The summed E-state index contributed by atoms with van der Waals surface area (Å²) >= 11 is 9.92. The number of aromatic nitrogens is 1. The molecule has 1 N–H and O–H groups in total. The molecule has 1 spiro atoms. The largest absolute Gasteiger partial charge is 0.469 e. The Bertz CT molecular complexity index is 556. The topological polar surface area (TPSA) is 51.2 Å². The Labute approximate surface area is 131 Å². The molecule has 6 heteroatoms. The van der Waals surface area contributed by atoms with Gasteiger partial charge in [0.05, 0.1) is 22.5 Å². The number of pyridine rings is 1. The van der Waals surface area contributed by atoms with Crippen LogP contribution in [0.3, 0.4) is 0 Å². The van der Waals surface area contributed by atoms with Crippen LogP contribution in [0.1, 0.15) is 31.2 Å². The van der Waals surface area contributed by atoms with E-state index in [1.165, 1.54) is 7.11 Å². The van der Waals surface area contributed by atoms with Crippen molar-refractivity contribution in [2.75, 3.05) is 19.0 Å². The zero-order valence-electron chi connectivity index (χ0n) is 11.2. The van der Waals surface area contributed by atoms with Crippen LogP contribution in [0.15, 0.2) is 10.7 Å². The lowest BCUT2D eigenvalue weighted by Crippen LogP contribution is -2.36. The van der Waals surface area contributed by atoms with E-state index in [0.29, 0.717) is 0 Å². The standard InChI is InChI=1S/C14H16BrClN2O2/c1-20-13(19)8-2-4-14(5-3-8)7-18-12-10(14)11(16)9(15)6-17-12/h6,8H,2-5,7H2,1H3,(H,17,18)/t8-,14+. The van der Waals surface area contributed by atoms with Crippen molar-refractivity contribution >= 4 is 39.3 Å². The molecule has 0 atom stereocenters. The fraction of sp³-hybridized carbons (Fsp3) is 0.571. The monoisotopic (exact) mass is 358 g/mol. The molecule has 1 aliphatic carbocycles. The average Bonchev–Trinajstić information content (AvgIpc) is 2.82. The van der Waals surface area contributed by atoms with Crippen molar-refractivity contribution in [3.63, 3.8) is 0 Å². The lowest BCUT2D eigenvalue weighted by atomic mass is 9.68. The summed E-state index contributed by atoms with van der Waals surface area (Å²) < 4.78 is 5.68. The Kier molecular flexibility index (Phi) is 3.67. The van der Waals surface area contributed by atoms with E-state index in [0.717, 1.165) is 53.1 Å². The maximum atomic E-state index is 11.7. The molecule has 1 fully saturated rings. The molecular weight excluding hydrogens is 344 g/mol. The molecule has 2 aliphatic rings. The molecule has 4 nitrogen and oxygen atoms in total. The van der Waals surface area contributed by atoms with Gasteiger partial charge in [-0.05, 0) is 41.6 Å². The van der Waals surface area contributed by atoms with Crippen LogP contribution in [0.4, 0.5) is 5.82 Å². The van der Waals surface area contributed by atoms with Crippen molar-refractivity contribution in [1.82, 2.24) is 4.98 Å². The molecule has 20 heavy (non-hydrogen) atoms.